The van der Waals surface area contributed by atoms with E-state index in [9.17, 15) is 5.26 Å². The van der Waals surface area contributed by atoms with Crippen molar-refractivity contribution in [2.75, 3.05) is 20.8 Å². The summed E-state index contributed by atoms with van der Waals surface area (Å²) in [5, 5.41) is 9.75. The summed E-state index contributed by atoms with van der Waals surface area (Å²) in [5.74, 6) is 1.97. The summed E-state index contributed by atoms with van der Waals surface area (Å²) in [6.07, 6.45) is 1.51. The van der Waals surface area contributed by atoms with Gasteiger partial charge in [0, 0.05) is 12.0 Å². The molecule has 1 unspecified atom stereocenters. The average Bonchev–Trinajstić information content (AvgIpc) is 2.67. The van der Waals surface area contributed by atoms with Crippen molar-refractivity contribution in [3.63, 3.8) is 0 Å². The molecular weight excluding hydrogens is 344 g/mol. The van der Waals surface area contributed by atoms with Crippen LogP contribution in [0.15, 0.2) is 53.3 Å². The van der Waals surface area contributed by atoms with Gasteiger partial charge in [0.2, 0.25) is 5.88 Å². The van der Waals surface area contributed by atoms with E-state index in [1.165, 1.54) is 0 Å². The summed E-state index contributed by atoms with van der Waals surface area (Å²) in [4.78, 5) is 0. The van der Waals surface area contributed by atoms with Gasteiger partial charge in [-0.15, -0.1) is 0 Å². The van der Waals surface area contributed by atoms with Crippen LogP contribution in [-0.4, -0.2) is 20.8 Å². The van der Waals surface area contributed by atoms with E-state index in [4.69, 9.17) is 24.7 Å². The normalized spacial score (nSPS) is 16.5. The van der Waals surface area contributed by atoms with E-state index >= 15 is 0 Å². The summed E-state index contributed by atoms with van der Waals surface area (Å²) >= 11 is 0. The lowest BCUT2D eigenvalue weighted by Crippen LogP contribution is -2.22. The Kier molecular flexibility index (Phi) is 6.78. The number of ether oxygens (including phenoxy) is 4. The zero-order valence-electron chi connectivity index (χ0n) is 16.3. The van der Waals surface area contributed by atoms with Crippen molar-refractivity contribution in [2.45, 2.75) is 32.6 Å². The smallest absolute Gasteiger partial charge is 0.205 e. The van der Waals surface area contributed by atoms with Gasteiger partial charge in [-0.05, 0) is 31.0 Å². The number of methoxy groups -OCH3 is 2. The van der Waals surface area contributed by atoms with Crippen LogP contribution >= 0.6 is 0 Å². The topological polar surface area (TPSA) is 86.7 Å². The molecule has 27 heavy (non-hydrogen) atoms. The van der Waals surface area contributed by atoms with Crippen molar-refractivity contribution >= 4 is 0 Å². The van der Waals surface area contributed by atoms with Gasteiger partial charge >= 0.3 is 0 Å². The molecule has 1 atom stereocenters. The number of hydrogen-bond acceptors (Lipinski definition) is 6. The Balaban J connectivity index is 2.69. The van der Waals surface area contributed by atoms with Gasteiger partial charge in [-0.1, -0.05) is 19.6 Å². The van der Waals surface area contributed by atoms with Gasteiger partial charge in [-0.2, -0.15) is 5.26 Å². The number of hydrogen-bond donors (Lipinski definition) is 1. The van der Waals surface area contributed by atoms with Crippen LogP contribution in [0.2, 0.25) is 0 Å². The summed E-state index contributed by atoms with van der Waals surface area (Å²) < 4.78 is 22.2. The van der Waals surface area contributed by atoms with Gasteiger partial charge in [0.15, 0.2) is 11.5 Å². The van der Waals surface area contributed by atoms with Crippen molar-refractivity contribution in [1.29, 1.82) is 5.26 Å². The third-order valence-corrected chi connectivity index (χ3v) is 4.33. The largest absolute Gasteiger partial charge is 0.494 e. The quantitative estimate of drug-likeness (QED) is 0.693. The van der Waals surface area contributed by atoms with Crippen LogP contribution in [0.3, 0.4) is 0 Å². The first-order chi connectivity index (χ1) is 13.0. The number of nitriles is 1. The van der Waals surface area contributed by atoms with Gasteiger partial charge in [-0.25, -0.2) is 0 Å². The van der Waals surface area contributed by atoms with Crippen molar-refractivity contribution in [2.24, 2.45) is 5.73 Å². The maximum absolute atomic E-state index is 9.75. The minimum Gasteiger partial charge on any atom is -0.494 e. The fourth-order valence-electron chi connectivity index (χ4n) is 3.16. The van der Waals surface area contributed by atoms with Gasteiger partial charge in [0.1, 0.15) is 23.2 Å². The monoisotopic (exact) mass is 370 g/mol. The van der Waals surface area contributed by atoms with Crippen LogP contribution < -0.4 is 15.2 Å². The molecule has 2 rings (SSSR count). The first-order valence-corrected chi connectivity index (χ1v) is 8.86. The summed E-state index contributed by atoms with van der Waals surface area (Å²) in [6, 6.07) is 7.70. The molecule has 2 N–H and O–H groups in total. The first-order valence-electron chi connectivity index (χ1n) is 8.86. The van der Waals surface area contributed by atoms with Crippen LogP contribution in [0.4, 0.5) is 0 Å². The predicted octanol–water partition coefficient (Wildman–Crippen LogP) is 4.12. The van der Waals surface area contributed by atoms with Crippen LogP contribution in [0.1, 0.15) is 38.2 Å². The Morgan fingerprint density at radius 2 is 1.96 bits per heavy atom. The average molecular weight is 370 g/mol. The molecule has 0 bridgehead atoms. The van der Waals surface area contributed by atoms with E-state index in [0.29, 0.717) is 41.6 Å². The van der Waals surface area contributed by atoms with Crippen molar-refractivity contribution in [1.82, 2.24) is 0 Å². The number of nitrogens with zero attached hydrogens (tertiary/aromatic N) is 1. The first kappa shape index (κ1) is 20.2. The van der Waals surface area contributed by atoms with E-state index in [-0.39, 0.29) is 5.88 Å². The van der Waals surface area contributed by atoms with E-state index in [1.54, 1.807) is 20.3 Å². The standard InChI is InChI=1S/C21H26N2O4/c1-6-8-17-19(13(3)26-7-2)20(15(12-22)21(23)27-17)14-9-10-16(24-4)18(11-14)25-5/h9-11,20H,3,6-8,23H2,1-2,4-5H3. The van der Waals surface area contributed by atoms with Gasteiger partial charge < -0.3 is 24.7 Å². The third-order valence-electron chi connectivity index (χ3n) is 4.33. The molecule has 1 heterocycles. The zero-order valence-corrected chi connectivity index (χ0v) is 16.3. The second-order valence-electron chi connectivity index (χ2n) is 5.98. The zero-order chi connectivity index (χ0) is 20.0. The molecule has 0 radical (unpaired) electrons. The molecule has 0 saturated carbocycles. The van der Waals surface area contributed by atoms with Crippen LogP contribution in [0.25, 0.3) is 0 Å². The minimum absolute atomic E-state index is 0.105. The fraction of sp³-hybridized carbons (Fsp3) is 0.381. The molecule has 0 saturated heterocycles. The Hall–Kier alpha value is -3.07. The van der Waals surface area contributed by atoms with Crippen molar-refractivity contribution in [3.05, 3.63) is 58.9 Å². The Labute approximate surface area is 160 Å². The Morgan fingerprint density at radius 3 is 2.52 bits per heavy atom. The highest BCUT2D eigenvalue weighted by Crippen LogP contribution is 2.45. The Morgan fingerprint density at radius 1 is 1.26 bits per heavy atom. The highest BCUT2D eigenvalue weighted by Gasteiger charge is 2.35. The molecule has 1 aliphatic rings. The molecule has 0 spiro atoms. The summed E-state index contributed by atoms with van der Waals surface area (Å²) in [5.41, 5.74) is 7.95. The van der Waals surface area contributed by atoms with Crippen LogP contribution in [0.5, 0.6) is 11.5 Å². The highest BCUT2D eigenvalue weighted by atomic mass is 16.5. The lowest BCUT2D eigenvalue weighted by molar-refractivity contribution is 0.217. The molecule has 6 nitrogen and oxygen atoms in total. The molecule has 0 aliphatic carbocycles. The second-order valence-corrected chi connectivity index (χ2v) is 5.98. The lowest BCUT2D eigenvalue weighted by Gasteiger charge is -2.30. The molecular formula is C21H26N2O4. The molecule has 1 aliphatic heterocycles. The summed E-state index contributed by atoms with van der Waals surface area (Å²) in [6.45, 7) is 8.45. The van der Waals surface area contributed by atoms with E-state index in [2.05, 4.69) is 12.6 Å². The van der Waals surface area contributed by atoms with E-state index in [1.807, 2.05) is 26.0 Å². The minimum atomic E-state index is -0.454. The SMILES string of the molecule is C=C(OCC)C1=C(CCC)OC(N)=C(C#N)C1c1ccc(OC)c(OC)c1. The maximum Gasteiger partial charge on any atom is 0.205 e. The van der Waals surface area contributed by atoms with Crippen molar-refractivity contribution < 1.29 is 18.9 Å². The number of benzene rings is 1. The van der Waals surface area contributed by atoms with E-state index < -0.39 is 5.92 Å². The molecule has 1 aromatic rings. The van der Waals surface area contributed by atoms with E-state index in [0.717, 1.165) is 17.6 Å². The predicted molar refractivity (Wildman–Crippen MR) is 103 cm³/mol. The second kappa shape index (κ2) is 9.04. The molecule has 0 fully saturated rings. The summed E-state index contributed by atoms with van der Waals surface area (Å²) in [7, 11) is 3.14. The number of allylic oxidation sites excluding steroid dienone is 3. The van der Waals surface area contributed by atoms with Crippen molar-refractivity contribution in [3.8, 4) is 17.6 Å². The third kappa shape index (κ3) is 4.03. The maximum atomic E-state index is 9.75. The lowest BCUT2D eigenvalue weighted by atomic mass is 9.81. The molecule has 0 aromatic heterocycles. The molecule has 144 valence electrons. The highest BCUT2D eigenvalue weighted by molar-refractivity contribution is 5.56. The molecule has 6 heteroatoms. The van der Waals surface area contributed by atoms with Crippen LogP contribution in [0, 0.1) is 11.3 Å². The molecule has 1 aromatic carbocycles. The number of rotatable bonds is 8. The van der Waals surface area contributed by atoms with Gasteiger partial charge in [0.25, 0.3) is 0 Å². The van der Waals surface area contributed by atoms with Gasteiger partial charge in [-0.3, -0.25) is 0 Å². The number of nitrogens with two attached hydrogens (primary N) is 1. The molecule has 0 amide bonds. The van der Waals surface area contributed by atoms with Crippen LogP contribution in [-0.2, 0) is 9.47 Å². The Bertz CT molecular complexity index is 818. The van der Waals surface area contributed by atoms with Gasteiger partial charge in [0.05, 0.1) is 26.7 Å². The fourth-order valence-corrected chi connectivity index (χ4v) is 3.16.